The first-order valence-electron chi connectivity index (χ1n) is 5.59. The van der Waals surface area contributed by atoms with Crippen LogP contribution in [0.25, 0.3) is 0 Å². The number of carboxylic acid groups (broad SMARTS) is 1. The quantitative estimate of drug-likeness (QED) is 0.704. The third-order valence-corrected chi connectivity index (χ3v) is 2.81. The molecule has 0 aliphatic carbocycles. The molecule has 4 nitrogen and oxygen atoms in total. The maximum Gasteiger partial charge on any atom is 0.303 e. The van der Waals surface area contributed by atoms with Crippen LogP contribution in [0.4, 0.5) is 0 Å². The minimum absolute atomic E-state index is 0.170. The molecule has 1 saturated heterocycles. The van der Waals surface area contributed by atoms with Crippen molar-refractivity contribution in [2.24, 2.45) is 5.92 Å². The Morgan fingerprint density at radius 1 is 1.33 bits per heavy atom. The van der Waals surface area contributed by atoms with Gasteiger partial charge in [0.15, 0.2) is 0 Å². The average molecular weight is 213 g/mol. The van der Waals surface area contributed by atoms with E-state index >= 15 is 0 Å². The van der Waals surface area contributed by atoms with Crippen LogP contribution in [0.15, 0.2) is 0 Å². The molecule has 1 aliphatic rings. The Hall–Kier alpha value is -1.06. The molecule has 1 N–H and O–H groups in total. The van der Waals surface area contributed by atoms with Crippen LogP contribution in [0.1, 0.15) is 39.0 Å². The number of aliphatic carboxylic acids is 1. The van der Waals surface area contributed by atoms with Crippen LogP contribution < -0.4 is 0 Å². The van der Waals surface area contributed by atoms with Gasteiger partial charge in [-0.3, -0.25) is 9.59 Å². The van der Waals surface area contributed by atoms with E-state index in [1.807, 2.05) is 4.90 Å². The second-order valence-corrected chi connectivity index (χ2v) is 4.33. The van der Waals surface area contributed by atoms with Crippen molar-refractivity contribution in [3.63, 3.8) is 0 Å². The minimum Gasteiger partial charge on any atom is -0.481 e. The Balaban J connectivity index is 2.11. The average Bonchev–Trinajstić information content (AvgIpc) is 2.59. The molecule has 0 aromatic rings. The van der Waals surface area contributed by atoms with E-state index in [2.05, 4.69) is 6.92 Å². The number of hydrogen-bond acceptors (Lipinski definition) is 2. The van der Waals surface area contributed by atoms with E-state index in [-0.39, 0.29) is 12.3 Å². The highest BCUT2D eigenvalue weighted by Crippen LogP contribution is 2.16. The number of carbonyl (C=O) groups excluding carboxylic acids is 1. The van der Waals surface area contributed by atoms with Crippen LogP contribution in [-0.2, 0) is 9.59 Å². The molecule has 1 fully saturated rings. The number of carboxylic acids is 1. The van der Waals surface area contributed by atoms with Crippen molar-refractivity contribution in [2.45, 2.75) is 39.0 Å². The summed E-state index contributed by atoms with van der Waals surface area (Å²) in [7, 11) is 0. The lowest BCUT2D eigenvalue weighted by atomic mass is 10.1. The zero-order valence-corrected chi connectivity index (χ0v) is 9.24. The van der Waals surface area contributed by atoms with E-state index in [0.717, 1.165) is 19.5 Å². The molecule has 0 spiro atoms. The molecule has 1 heterocycles. The summed E-state index contributed by atoms with van der Waals surface area (Å²) in [5.74, 6) is 0.0231. The lowest BCUT2D eigenvalue weighted by molar-refractivity contribution is -0.137. The van der Waals surface area contributed by atoms with Crippen molar-refractivity contribution in [1.82, 2.24) is 4.90 Å². The highest BCUT2D eigenvalue weighted by Gasteiger charge is 2.22. The molecule has 15 heavy (non-hydrogen) atoms. The number of likely N-dealkylation sites (tertiary alicyclic amines) is 1. The second kappa shape index (κ2) is 5.73. The molecule has 1 amide bonds. The number of carbonyl (C=O) groups is 2. The molecule has 1 atom stereocenters. The molecule has 1 rings (SSSR count). The van der Waals surface area contributed by atoms with Crippen LogP contribution in [0.3, 0.4) is 0 Å². The SMILES string of the molecule is C[C@H]1CCN(C(=O)CCCCC(=O)O)C1. The number of hydrogen-bond donors (Lipinski definition) is 1. The van der Waals surface area contributed by atoms with Crippen molar-refractivity contribution in [1.29, 1.82) is 0 Å². The van der Waals surface area contributed by atoms with Crippen molar-refractivity contribution < 1.29 is 14.7 Å². The highest BCUT2D eigenvalue weighted by molar-refractivity contribution is 5.76. The van der Waals surface area contributed by atoms with Crippen LogP contribution in [-0.4, -0.2) is 35.0 Å². The van der Waals surface area contributed by atoms with Crippen LogP contribution in [0.2, 0.25) is 0 Å². The largest absolute Gasteiger partial charge is 0.481 e. The van der Waals surface area contributed by atoms with E-state index < -0.39 is 5.97 Å². The summed E-state index contributed by atoms with van der Waals surface area (Å²) in [6.45, 7) is 3.90. The van der Waals surface area contributed by atoms with Gasteiger partial charge < -0.3 is 10.0 Å². The summed E-state index contributed by atoms with van der Waals surface area (Å²) in [5.41, 5.74) is 0. The normalized spacial score (nSPS) is 20.6. The van der Waals surface area contributed by atoms with Gasteiger partial charge in [-0.05, 0) is 25.2 Å². The molecule has 4 heteroatoms. The van der Waals surface area contributed by atoms with Crippen molar-refractivity contribution in [3.05, 3.63) is 0 Å². The third kappa shape index (κ3) is 4.32. The summed E-state index contributed by atoms with van der Waals surface area (Å²) < 4.78 is 0. The lowest BCUT2D eigenvalue weighted by Crippen LogP contribution is -2.28. The number of unbranched alkanes of at least 4 members (excludes halogenated alkanes) is 1. The number of amides is 1. The summed E-state index contributed by atoms with van der Waals surface area (Å²) in [4.78, 5) is 23.8. The molecule has 0 saturated carbocycles. The fourth-order valence-corrected chi connectivity index (χ4v) is 1.87. The highest BCUT2D eigenvalue weighted by atomic mass is 16.4. The Kier molecular flexibility index (Phi) is 4.59. The first-order valence-corrected chi connectivity index (χ1v) is 5.59. The van der Waals surface area contributed by atoms with Gasteiger partial charge >= 0.3 is 5.97 Å². The van der Waals surface area contributed by atoms with Crippen LogP contribution in [0, 0.1) is 5.92 Å². The molecule has 0 bridgehead atoms. The van der Waals surface area contributed by atoms with Crippen molar-refractivity contribution in [3.8, 4) is 0 Å². The van der Waals surface area contributed by atoms with Gasteiger partial charge in [-0.15, -0.1) is 0 Å². The predicted molar refractivity (Wildman–Crippen MR) is 56.5 cm³/mol. The Labute approximate surface area is 90.3 Å². The van der Waals surface area contributed by atoms with E-state index in [1.165, 1.54) is 0 Å². The van der Waals surface area contributed by atoms with Gasteiger partial charge in [-0.25, -0.2) is 0 Å². The smallest absolute Gasteiger partial charge is 0.303 e. The number of nitrogens with zero attached hydrogens (tertiary/aromatic N) is 1. The summed E-state index contributed by atoms with van der Waals surface area (Å²) in [5, 5.41) is 8.43. The van der Waals surface area contributed by atoms with Crippen molar-refractivity contribution in [2.75, 3.05) is 13.1 Å². The Morgan fingerprint density at radius 2 is 2.00 bits per heavy atom. The van der Waals surface area contributed by atoms with Gasteiger partial charge in [0, 0.05) is 25.9 Å². The van der Waals surface area contributed by atoms with Gasteiger partial charge in [-0.1, -0.05) is 6.92 Å². The van der Waals surface area contributed by atoms with E-state index in [4.69, 9.17) is 5.11 Å². The molecule has 0 radical (unpaired) electrons. The first kappa shape index (κ1) is 12.0. The summed E-state index contributed by atoms with van der Waals surface area (Å²) in [6, 6.07) is 0. The minimum atomic E-state index is -0.780. The summed E-state index contributed by atoms with van der Waals surface area (Å²) >= 11 is 0. The Bertz CT molecular complexity index is 240. The fourth-order valence-electron chi connectivity index (χ4n) is 1.87. The number of rotatable bonds is 5. The standard InChI is InChI=1S/C11H19NO3/c1-9-6-7-12(8-9)10(13)4-2-3-5-11(14)15/h9H,2-8H2,1H3,(H,14,15)/t9-/m0/s1. The molecular weight excluding hydrogens is 194 g/mol. The first-order chi connectivity index (χ1) is 7.09. The molecule has 0 aromatic carbocycles. The lowest BCUT2D eigenvalue weighted by Gasteiger charge is -2.15. The van der Waals surface area contributed by atoms with E-state index in [0.29, 0.717) is 25.2 Å². The molecule has 1 aliphatic heterocycles. The van der Waals surface area contributed by atoms with Gasteiger partial charge in [-0.2, -0.15) is 0 Å². The Morgan fingerprint density at radius 3 is 2.53 bits per heavy atom. The monoisotopic (exact) mass is 213 g/mol. The zero-order valence-electron chi connectivity index (χ0n) is 9.24. The van der Waals surface area contributed by atoms with E-state index in [9.17, 15) is 9.59 Å². The zero-order chi connectivity index (χ0) is 11.3. The molecule has 0 aromatic heterocycles. The molecular formula is C11H19NO3. The van der Waals surface area contributed by atoms with Gasteiger partial charge in [0.05, 0.1) is 0 Å². The topological polar surface area (TPSA) is 57.6 Å². The fraction of sp³-hybridized carbons (Fsp3) is 0.818. The molecule has 0 unspecified atom stereocenters. The maximum absolute atomic E-state index is 11.6. The van der Waals surface area contributed by atoms with Gasteiger partial charge in [0.25, 0.3) is 0 Å². The second-order valence-electron chi connectivity index (χ2n) is 4.33. The third-order valence-electron chi connectivity index (χ3n) is 2.81. The van der Waals surface area contributed by atoms with Gasteiger partial charge in [0.2, 0.25) is 5.91 Å². The van der Waals surface area contributed by atoms with Crippen LogP contribution in [0.5, 0.6) is 0 Å². The summed E-state index contributed by atoms with van der Waals surface area (Å²) in [6.07, 6.45) is 3.06. The van der Waals surface area contributed by atoms with Crippen molar-refractivity contribution >= 4 is 11.9 Å². The van der Waals surface area contributed by atoms with Crippen LogP contribution >= 0.6 is 0 Å². The predicted octanol–water partition coefficient (Wildman–Crippen LogP) is 1.50. The molecule has 86 valence electrons. The maximum atomic E-state index is 11.6. The van der Waals surface area contributed by atoms with Gasteiger partial charge in [0.1, 0.15) is 0 Å². The van der Waals surface area contributed by atoms with E-state index in [1.54, 1.807) is 0 Å².